The van der Waals surface area contributed by atoms with Crippen molar-refractivity contribution in [2.45, 2.75) is 25.5 Å². The first-order valence-corrected chi connectivity index (χ1v) is 9.26. The maximum atomic E-state index is 13.0. The van der Waals surface area contributed by atoms with Gasteiger partial charge in [-0.25, -0.2) is 4.79 Å². The number of carbonyl (C=O) groups is 2. The highest BCUT2D eigenvalue weighted by Crippen LogP contribution is 2.25. The number of ketones is 1. The van der Waals surface area contributed by atoms with Crippen molar-refractivity contribution in [3.8, 4) is 0 Å². The molecule has 0 N–H and O–H groups in total. The largest absolute Gasteiger partial charge is 0.459 e. The number of likely N-dealkylation sites (tertiary alicyclic amines) is 1. The van der Waals surface area contributed by atoms with E-state index in [1.165, 1.54) is 6.07 Å². The second kappa shape index (κ2) is 8.67. The van der Waals surface area contributed by atoms with Crippen LogP contribution in [0.4, 0.5) is 0 Å². The third kappa shape index (κ3) is 4.44. The van der Waals surface area contributed by atoms with Crippen molar-refractivity contribution >= 4 is 35.0 Å². The predicted octanol–water partition coefficient (Wildman–Crippen LogP) is 4.38. The van der Waals surface area contributed by atoms with Gasteiger partial charge in [0.05, 0.1) is 10.0 Å². The van der Waals surface area contributed by atoms with E-state index in [1.807, 2.05) is 35.2 Å². The fraction of sp³-hybridized carbons (Fsp3) is 0.300. The molecule has 2 aromatic carbocycles. The van der Waals surface area contributed by atoms with Crippen LogP contribution in [0.5, 0.6) is 0 Å². The Hall–Kier alpha value is -1.88. The molecule has 3 rings (SSSR count). The van der Waals surface area contributed by atoms with Crippen molar-refractivity contribution in [3.05, 3.63) is 69.7 Å². The highest BCUT2D eigenvalue weighted by molar-refractivity contribution is 6.42. The number of benzene rings is 2. The van der Waals surface area contributed by atoms with E-state index in [0.717, 1.165) is 18.4 Å². The normalized spacial score (nSPS) is 15.6. The fourth-order valence-corrected chi connectivity index (χ4v) is 3.33. The Morgan fingerprint density at radius 1 is 1.00 bits per heavy atom. The van der Waals surface area contributed by atoms with Crippen molar-refractivity contribution in [2.75, 3.05) is 13.1 Å². The van der Waals surface area contributed by atoms with Gasteiger partial charge in [-0.2, -0.15) is 0 Å². The number of Topliss-reactive ketones (excluding diaryl/α,β-unsaturated/α-hetero) is 1. The third-order valence-corrected chi connectivity index (χ3v) is 5.14. The molecule has 26 heavy (non-hydrogen) atoms. The molecule has 0 aromatic heterocycles. The summed E-state index contributed by atoms with van der Waals surface area (Å²) in [7, 11) is 0. The summed E-state index contributed by atoms with van der Waals surface area (Å²) in [5, 5.41) is 0.655. The van der Waals surface area contributed by atoms with Gasteiger partial charge in [-0.3, -0.25) is 9.69 Å². The topological polar surface area (TPSA) is 46.6 Å². The summed E-state index contributed by atoms with van der Waals surface area (Å²) in [5.74, 6) is -0.852. The van der Waals surface area contributed by atoms with Gasteiger partial charge in [-0.15, -0.1) is 0 Å². The zero-order valence-corrected chi connectivity index (χ0v) is 15.7. The number of halogens is 2. The molecule has 0 spiro atoms. The van der Waals surface area contributed by atoms with Crippen LogP contribution >= 0.6 is 23.2 Å². The van der Waals surface area contributed by atoms with Crippen molar-refractivity contribution < 1.29 is 14.3 Å². The molecule has 1 aliphatic heterocycles. The molecule has 0 aliphatic carbocycles. The lowest BCUT2D eigenvalue weighted by Gasteiger charge is -2.24. The van der Waals surface area contributed by atoms with Crippen molar-refractivity contribution in [3.63, 3.8) is 0 Å². The Balaban J connectivity index is 1.78. The van der Waals surface area contributed by atoms with Gasteiger partial charge in [0.2, 0.25) is 0 Å². The van der Waals surface area contributed by atoms with Gasteiger partial charge in [0.1, 0.15) is 6.61 Å². The first-order chi connectivity index (χ1) is 12.6. The van der Waals surface area contributed by atoms with E-state index >= 15 is 0 Å². The Morgan fingerprint density at radius 2 is 1.69 bits per heavy atom. The van der Waals surface area contributed by atoms with Crippen LogP contribution in [0.15, 0.2) is 48.5 Å². The van der Waals surface area contributed by atoms with Crippen molar-refractivity contribution in [1.82, 2.24) is 4.90 Å². The lowest BCUT2D eigenvalue weighted by molar-refractivity contribution is -0.149. The summed E-state index contributed by atoms with van der Waals surface area (Å²) in [5.41, 5.74) is 1.23. The van der Waals surface area contributed by atoms with Gasteiger partial charge < -0.3 is 4.74 Å². The monoisotopic (exact) mass is 391 g/mol. The molecule has 4 nitrogen and oxygen atoms in total. The number of carbonyl (C=O) groups excluding carboxylic acids is 2. The van der Waals surface area contributed by atoms with Gasteiger partial charge >= 0.3 is 5.97 Å². The SMILES string of the molecule is O=C(OCc1ccccc1)C(C(=O)c1ccc(Cl)c(Cl)c1)N1CCCC1. The van der Waals surface area contributed by atoms with E-state index in [1.54, 1.807) is 12.1 Å². The molecule has 6 heteroatoms. The highest BCUT2D eigenvalue weighted by atomic mass is 35.5. The number of rotatable bonds is 6. The molecule has 0 bridgehead atoms. The van der Waals surface area contributed by atoms with E-state index in [-0.39, 0.29) is 17.4 Å². The van der Waals surface area contributed by atoms with Crippen LogP contribution in [0.1, 0.15) is 28.8 Å². The van der Waals surface area contributed by atoms with Gasteiger partial charge in [0, 0.05) is 5.56 Å². The first kappa shape index (κ1) is 18.9. The lowest BCUT2D eigenvalue weighted by atomic mass is 10.0. The fourth-order valence-electron chi connectivity index (χ4n) is 3.04. The minimum Gasteiger partial charge on any atom is -0.459 e. The maximum absolute atomic E-state index is 13.0. The molecular weight excluding hydrogens is 373 g/mol. The average molecular weight is 392 g/mol. The number of ether oxygens (including phenoxy) is 1. The van der Waals surface area contributed by atoms with Crippen LogP contribution in [-0.2, 0) is 16.1 Å². The minimum absolute atomic E-state index is 0.138. The van der Waals surface area contributed by atoms with E-state index < -0.39 is 12.0 Å². The Morgan fingerprint density at radius 3 is 2.35 bits per heavy atom. The van der Waals surface area contributed by atoms with Gasteiger partial charge in [0.15, 0.2) is 11.8 Å². The molecule has 1 heterocycles. The second-order valence-electron chi connectivity index (χ2n) is 6.23. The molecule has 1 fully saturated rings. The predicted molar refractivity (Wildman–Crippen MR) is 102 cm³/mol. The molecule has 0 radical (unpaired) electrons. The number of nitrogens with zero attached hydrogens (tertiary/aromatic N) is 1. The number of hydrogen-bond acceptors (Lipinski definition) is 4. The molecule has 1 aliphatic rings. The molecule has 2 aromatic rings. The standard InChI is InChI=1S/C20H19Cl2NO3/c21-16-9-8-15(12-17(16)22)19(24)18(23-10-4-5-11-23)20(25)26-13-14-6-2-1-3-7-14/h1-3,6-9,12,18H,4-5,10-11,13H2. The van der Waals surface area contributed by atoms with Gasteiger partial charge in [0.25, 0.3) is 0 Å². The van der Waals surface area contributed by atoms with E-state index in [2.05, 4.69) is 0 Å². The van der Waals surface area contributed by atoms with E-state index in [0.29, 0.717) is 23.7 Å². The van der Waals surface area contributed by atoms with E-state index in [4.69, 9.17) is 27.9 Å². The van der Waals surface area contributed by atoms with Crippen LogP contribution in [0.2, 0.25) is 10.0 Å². The van der Waals surface area contributed by atoms with E-state index in [9.17, 15) is 9.59 Å². The quantitative estimate of drug-likeness (QED) is 0.416. The first-order valence-electron chi connectivity index (χ1n) is 8.50. The number of hydrogen-bond donors (Lipinski definition) is 0. The van der Waals surface area contributed by atoms with Crippen LogP contribution in [0.25, 0.3) is 0 Å². The summed E-state index contributed by atoms with van der Waals surface area (Å²) in [6.07, 6.45) is 1.91. The lowest BCUT2D eigenvalue weighted by Crippen LogP contribution is -2.46. The summed E-state index contributed by atoms with van der Waals surface area (Å²) >= 11 is 12.0. The average Bonchev–Trinajstić information content (AvgIpc) is 3.17. The minimum atomic E-state index is -0.960. The van der Waals surface area contributed by atoms with Gasteiger partial charge in [-0.05, 0) is 49.7 Å². The van der Waals surface area contributed by atoms with Crippen LogP contribution in [0, 0.1) is 0 Å². The smallest absolute Gasteiger partial charge is 0.331 e. The van der Waals surface area contributed by atoms with Crippen LogP contribution in [-0.4, -0.2) is 35.8 Å². The molecule has 136 valence electrons. The molecular formula is C20H19Cl2NO3. The summed E-state index contributed by atoms with van der Waals surface area (Å²) in [6, 6.07) is 13.1. The summed E-state index contributed by atoms with van der Waals surface area (Å²) in [6.45, 7) is 1.52. The number of esters is 1. The maximum Gasteiger partial charge on any atom is 0.331 e. The van der Waals surface area contributed by atoms with Gasteiger partial charge in [-0.1, -0.05) is 53.5 Å². The summed E-state index contributed by atoms with van der Waals surface area (Å²) in [4.78, 5) is 27.6. The highest BCUT2D eigenvalue weighted by Gasteiger charge is 2.36. The zero-order chi connectivity index (χ0) is 18.5. The second-order valence-corrected chi connectivity index (χ2v) is 7.05. The van der Waals surface area contributed by atoms with Crippen molar-refractivity contribution in [2.24, 2.45) is 0 Å². The zero-order valence-electron chi connectivity index (χ0n) is 14.2. The van der Waals surface area contributed by atoms with Crippen LogP contribution in [0.3, 0.4) is 0 Å². The third-order valence-electron chi connectivity index (χ3n) is 4.41. The van der Waals surface area contributed by atoms with Crippen LogP contribution < -0.4 is 0 Å². The molecule has 0 amide bonds. The summed E-state index contributed by atoms with van der Waals surface area (Å²) < 4.78 is 5.44. The molecule has 0 saturated carbocycles. The Labute approximate surface area is 162 Å². The molecule has 1 atom stereocenters. The Kier molecular flexibility index (Phi) is 6.30. The molecule has 1 unspecified atom stereocenters. The van der Waals surface area contributed by atoms with Crippen molar-refractivity contribution in [1.29, 1.82) is 0 Å². The molecule has 1 saturated heterocycles. The Bertz CT molecular complexity index is 789.